The number of hydrogen-bond acceptors (Lipinski definition) is 5. The van der Waals surface area contributed by atoms with E-state index >= 15 is 0 Å². The van der Waals surface area contributed by atoms with Gasteiger partial charge in [-0.25, -0.2) is 0 Å². The molecule has 0 amide bonds. The maximum Gasteiger partial charge on any atom is 0.161 e. The van der Waals surface area contributed by atoms with E-state index in [2.05, 4.69) is 46.0 Å². The molecule has 2 aromatic carbocycles. The van der Waals surface area contributed by atoms with Crippen LogP contribution >= 0.6 is 0 Å². The van der Waals surface area contributed by atoms with Crippen molar-refractivity contribution < 1.29 is 23.4 Å². The van der Waals surface area contributed by atoms with Gasteiger partial charge in [-0.05, 0) is 60.6 Å². The Balaban J connectivity index is 2.18. The molecular formula is C30H45N2O4+. The zero-order valence-electron chi connectivity index (χ0n) is 23.5. The fourth-order valence-electron chi connectivity index (χ4n) is 5.18. The fourth-order valence-corrected chi connectivity index (χ4v) is 5.18. The molecule has 0 fully saturated rings. The Labute approximate surface area is 218 Å². The Bertz CT molecular complexity index is 1020. The largest absolute Gasteiger partial charge is 0.493 e. The lowest BCUT2D eigenvalue weighted by molar-refractivity contribution is -0.909. The minimum Gasteiger partial charge on any atom is -0.493 e. The SMILES string of the molecule is CCC[N+](C)(CCCC(C#N)(c1ccc(OC)c(OC)c1)C(C)C)CCc1ccc(OC)c(OC)c1. The summed E-state index contributed by atoms with van der Waals surface area (Å²) < 4.78 is 22.8. The number of benzene rings is 2. The van der Waals surface area contributed by atoms with Crippen LogP contribution in [0.5, 0.6) is 23.0 Å². The van der Waals surface area contributed by atoms with Crippen molar-refractivity contribution in [2.75, 3.05) is 55.1 Å². The molecule has 0 bridgehead atoms. The Morgan fingerprint density at radius 1 is 0.833 bits per heavy atom. The van der Waals surface area contributed by atoms with Crippen LogP contribution in [-0.2, 0) is 11.8 Å². The molecule has 2 unspecified atom stereocenters. The number of rotatable bonds is 15. The van der Waals surface area contributed by atoms with Crippen LogP contribution in [0.1, 0.15) is 51.2 Å². The van der Waals surface area contributed by atoms with E-state index in [1.807, 2.05) is 24.3 Å². The van der Waals surface area contributed by atoms with Crippen molar-refractivity contribution in [3.05, 3.63) is 47.5 Å². The zero-order chi connectivity index (χ0) is 26.8. The third kappa shape index (κ3) is 6.85. The highest BCUT2D eigenvalue weighted by atomic mass is 16.5. The first-order chi connectivity index (χ1) is 17.2. The molecule has 0 aliphatic carbocycles. The summed E-state index contributed by atoms with van der Waals surface area (Å²) in [6, 6.07) is 14.8. The minimum absolute atomic E-state index is 0.164. The molecule has 2 rings (SSSR count). The van der Waals surface area contributed by atoms with Gasteiger partial charge in [-0.3, -0.25) is 0 Å². The molecule has 0 saturated heterocycles. The zero-order valence-corrected chi connectivity index (χ0v) is 23.5. The van der Waals surface area contributed by atoms with E-state index in [1.54, 1.807) is 28.4 Å². The van der Waals surface area contributed by atoms with Gasteiger partial charge in [-0.15, -0.1) is 0 Å². The molecule has 6 heteroatoms. The van der Waals surface area contributed by atoms with E-state index in [-0.39, 0.29) is 5.92 Å². The van der Waals surface area contributed by atoms with E-state index in [9.17, 15) is 5.26 Å². The molecule has 0 N–H and O–H groups in total. The summed E-state index contributed by atoms with van der Waals surface area (Å²) in [6.45, 7) is 9.66. The Morgan fingerprint density at radius 2 is 1.42 bits per heavy atom. The molecule has 6 nitrogen and oxygen atoms in total. The lowest BCUT2D eigenvalue weighted by Crippen LogP contribution is -2.47. The molecule has 0 aliphatic heterocycles. The van der Waals surface area contributed by atoms with Gasteiger partial charge in [-0.1, -0.05) is 32.9 Å². The molecule has 2 aromatic rings. The van der Waals surface area contributed by atoms with Crippen molar-refractivity contribution in [1.82, 2.24) is 0 Å². The van der Waals surface area contributed by atoms with Gasteiger partial charge in [0.15, 0.2) is 23.0 Å². The first-order valence-corrected chi connectivity index (χ1v) is 12.9. The van der Waals surface area contributed by atoms with E-state index in [1.165, 1.54) is 5.56 Å². The Morgan fingerprint density at radius 3 is 1.94 bits per heavy atom. The summed E-state index contributed by atoms with van der Waals surface area (Å²) >= 11 is 0. The summed E-state index contributed by atoms with van der Waals surface area (Å²) in [5.74, 6) is 3.03. The second-order valence-corrected chi connectivity index (χ2v) is 10.1. The van der Waals surface area contributed by atoms with Gasteiger partial charge in [-0.2, -0.15) is 5.26 Å². The first-order valence-electron chi connectivity index (χ1n) is 12.9. The van der Waals surface area contributed by atoms with Gasteiger partial charge in [0.25, 0.3) is 0 Å². The van der Waals surface area contributed by atoms with E-state index < -0.39 is 5.41 Å². The van der Waals surface area contributed by atoms with Crippen LogP contribution < -0.4 is 18.9 Å². The maximum absolute atomic E-state index is 10.4. The summed E-state index contributed by atoms with van der Waals surface area (Å²) in [7, 11) is 8.94. The molecule has 2 atom stereocenters. The van der Waals surface area contributed by atoms with Crippen LogP contribution in [0.3, 0.4) is 0 Å². The van der Waals surface area contributed by atoms with Gasteiger partial charge >= 0.3 is 0 Å². The second kappa shape index (κ2) is 13.4. The third-order valence-corrected chi connectivity index (χ3v) is 7.50. The lowest BCUT2D eigenvalue weighted by Gasteiger charge is -2.37. The molecule has 0 saturated carbocycles. The van der Waals surface area contributed by atoms with Crippen molar-refractivity contribution in [2.24, 2.45) is 5.92 Å². The number of ether oxygens (including phenoxy) is 4. The van der Waals surface area contributed by atoms with Crippen molar-refractivity contribution in [2.45, 2.75) is 51.9 Å². The summed E-state index contributed by atoms with van der Waals surface area (Å²) in [5, 5.41) is 10.4. The standard InChI is InChI=1S/C30H45N2O4/c1-9-17-32(4,19-15-24-11-13-26(33-5)28(20-24)35-7)18-10-16-30(22-31,23(2)3)25-12-14-27(34-6)29(21-25)36-8/h11-14,20-21,23H,9-10,15-19H2,1-8H3/q+1. The predicted octanol–water partition coefficient (Wildman–Crippen LogP) is 6.02. The maximum atomic E-state index is 10.4. The highest BCUT2D eigenvalue weighted by Gasteiger charge is 2.37. The monoisotopic (exact) mass is 497 g/mol. The molecule has 0 aliphatic rings. The van der Waals surface area contributed by atoms with Crippen LogP contribution in [0.15, 0.2) is 36.4 Å². The summed E-state index contributed by atoms with van der Waals surface area (Å²) in [4.78, 5) is 0. The highest BCUT2D eigenvalue weighted by Crippen LogP contribution is 2.40. The van der Waals surface area contributed by atoms with Gasteiger partial charge in [0.1, 0.15) is 0 Å². The van der Waals surface area contributed by atoms with Crippen molar-refractivity contribution in [3.63, 3.8) is 0 Å². The average Bonchev–Trinajstić information content (AvgIpc) is 2.89. The normalized spacial score (nSPS) is 14.4. The summed E-state index contributed by atoms with van der Waals surface area (Å²) in [6.07, 6.45) is 3.83. The van der Waals surface area contributed by atoms with Gasteiger partial charge in [0.05, 0.1) is 66.6 Å². The summed E-state index contributed by atoms with van der Waals surface area (Å²) in [5.41, 5.74) is 1.65. The number of quaternary nitrogens is 1. The second-order valence-electron chi connectivity index (χ2n) is 10.1. The topological polar surface area (TPSA) is 60.7 Å². The van der Waals surface area contributed by atoms with E-state index in [0.717, 1.165) is 66.9 Å². The highest BCUT2D eigenvalue weighted by molar-refractivity contribution is 5.47. The number of nitrogens with zero attached hydrogens (tertiary/aromatic N) is 2. The van der Waals surface area contributed by atoms with E-state index in [4.69, 9.17) is 18.9 Å². The average molecular weight is 498 g/mol. The molecule has 0 radical (unpaired) electrons. The Kier molecular flexibility index (Phi) is 10.9. The number of hydrogen-bond donors (Lipinski definition) is 0. The lowest BCUT2D eigenvalue weighted by atomic mass is 9.69. The van der Waals surface area contributed by atoms with Crippen molar-refractivity contribution in [3.8, 4) is 29.1 Å². The third-order valence-electron chi connectivity index (χ3n) is 7.50. The van der Waals surface area contributed by atoms with Crippen LogP contribution in [0, 0.1) is 17.2 Å². The van der Waals surface area contributed by atoms with Crippen LogP contribution in [0.2, 0.25) is 0 Å². The quantitative estimate of drug-likeness (QED) is 0.282. The number of nitriles is 1. The van der Waals surface area contributed by atoms with Crippen LogP contribution in [0.4, 0.5) is 0 Å². The molecule has 0 aromatic heterocycles. The predicted molar refractivity (Wildman–Crippen MR) is 145 cm³/mol. The smallest absolute Gasteiger partial charge is 0.161 e. The van der Waals surface area contributed by atoms with Crippen LogP contribution in [-0.4, -0.2) is 59.6 Å². The minimum atomic E-state index is -0.583. The fraction of sp³-hybridized carbons (Fsp3) is 0.567. The van der Waals surface area contributed by atoms with Gasteiger partial charge < -0.3 is 23.4 Å². The van der Waals surface area contributed by atoms with Crippen molar-refractivity contribution >= 4 is 0 Å². The molecule has 36 heavy (non-hydrogen) atoms. The van der Waals surface area contributed by atoms with E-state index in [0.29, 0.717) is 11.5 Å². The number of methoxy groups -OCH3 is 4. The van der Waals surface area contributed by atoms with Gasteiger partial charge in [0, 0.05) is 6.42 Å². The van der Waals surface area contributed by atoms with Crippen LogP contribution in [0.25, 0.3) is 0 Å². The molecule has 0 spiro atoms. The molecule has 0 heterocycles. The number of likely N-dealkylation sites (N-methyl/N-ethyl adjacent to an activating group) is 1. The van der Waals surface area contributed by atoms with Gasteiger partial charge in [0.2, 0.25) is 0 Å². The molecular weight excluding hydrogens is 452 g/mol. The first kappa shape index (κ1) is 29.3. The Hall–Kier alpha value is -2.91. The molecule has 198 valence electrons. The van der Waals surface area contributed by atoms with Crippen molar-refractivity contribution in [1.29, 1.82) is 5.26 Å².